The van der Waals surface area contributed by atoms with Gasteiger partial charge in [0.2, 0.25) is 0 Å². The molecule has 0 aliphatic heterocycles. The zero-order chi connectivity index (χ0) is 18.6. The summed E-state index contributed by atoms with van der Waals surface area (Å²) in [5.41, 5.74) is 2.40. The normalized spacial score (nSPS) is 11.3. The van der Waals surface area contributed by atoms with Crippen molar-refractivity contribution < 1.29 is 27.1 Å². The molecule has 1 aromatic heterocycles. The summed E-state index contributed by atoms with van der Waals surface area (Å²) in [5.74, 6) is 0.425. The molecule has 1 amide bonds. The number of carbonyl (C=O) groups excluding carboxylic acids is 1. The highest BCUT2D eigenvalue weighted by Gasteiger charge is 2.17. The minimum absolute atomic E-state index is 0.00499. The van der Waals surface area contributed by atoms with Gasteiger partial charge in [0.05, 0.1) is 11.5 Å². The number of furan rings is 1. The molecule has 3 aromatic rings. The largest absolute Gasteiger partial charge is 0.490 e. The van der Waals surface area contributed by atoms with Crippen LogP contribution in [0.1, 0.15) is 6.92 Å². The van der Waals surface area contributed by atoms with Gasteiger partial charge in [0.15, 0.2) is 11.3 Å². The van der Waals surface area contributed by atoms with E-state index in [1.165, 1.54) is 18.2 Å². The average Bonchev–Trinajstić information content (AvgIpc) is 3.04. The summed E-state index contributed by atoms with van der Waals surface area (Å²) in [4.78, 5) is 13.8. The number of sulfonamides is 1. The number of hydrazine groups is 1. The fraction of sp³-hybridized carbons (Fsp3) is 0.118. The third-order valence-electron chi connectivity index (χ3n) is 3.32. The van der Waals surface area contributed by atoms with Crippen LogP contribution in [0.2, 0.25) is 0 Å². The lowest BCUT2D eigenvalue weighted by Gasteiger charge is -2.07. The van der Waals surface area contributed by atoms with Gasteiger partial charge in [-0.3, -0.25) is 0 Å². The fourth-order valence-electron chi connectivity index (χ4n) is 2.22. The topological polar surface area (TPSA) is 107 Å². The van der Waals surface area contributed by atoms with Crippen molar-refractivity contribution >= 4 is 27.1 Å². The van der Waals surface area contributed by atoms with Crippen molar-refractivity contribution in [2.75, 3.05) is 6.61 Å². The quantitative estimate of drug-likeness (QED) is 0.641. The van der Waals surface area contributed by atoms with Gasteiger partial charge in [0.1, 0.15) is 0 Å². The van der Waals surface area contributed by atoms with E-state index in [-0.39, 0.29) is 10.8 Å². The fourth-order valence-corrected chi connectivity index (χ4v) is 3.07. The second kappa shape index (κ2) is 7.46. The molecule has 0 aliphatic carbocycles. The van der Waals surface area contributed by atoms with Gasteiger partial charge in [-0.1, -0.05) is 30.3 Å². The molecule has 0 fully saturated rings. The van der Waals surface area contributed by atoms with E-state index in [0.29, 0.717) is 23.3 Å². The second-order valence-electron chi connectivity index (χ2n) is 5.11. The molecule has 0 unspecified atom stereocenters. The predicted octanol–water partition coefficient (Wildman–Crippen LogP) is 2.81. The number of ether oxygens (including phenoxy) is 2. The van der Waals surface area contributed by atoms with E-state index in [1.807, 2.05) is 17.2 Å². The van der Waals surface area contributed by atoms with Crippen LogP contribution in [0.25, 0.3) is 11.0 Å². The summed E-state index contributed by atoms with van der Waals surface area (Å²) in [5, 5.41) is 0.684. The van der Waals surface area contributed by atoms with Crippen LogP contribution in [0, 0.1) is 0 Å². The summed E-state index contributed by atoms with van der Waals surface area (Å²) < 4.78 is 39.9. The Labute approximate surface area is 149 Å². The van der Waals surface area contributed by atoms with Crippen LogP contribution in [0.5, 0.6) is 11.7 Å². The van der Waals surface area contributed by atoms with Crippen molar-refractivity contribution in [1.29, 1.82) is 0 Å². The van der Waals surface area contributed by atoms with Gasteiger partial charge >= 0.3 is 6.09 Å². The summed E-state index contributed by atoms with van der Waals surface area (Å²) >= 11 is 0. The highest BCUT2D eigenvalue weighted by Crippen LogP contribution is 2.32. The van der Waals surface area contributed by atoms with Crippen LogP contribution < -0.4 is 19.7 Å². The van der Waals surface area contributed by atoms with Gasteiger partial charge in [-0.25, -0.2) is 18.6 Å². The lowest BCUT2D eigenvalue weighted by Crippen LogP contribution is -2.42. The predicted molar refractivity (Wildman–Crippen MR) is 93.3 cm³/mol. The summed E-state index contributed by atoms with van der Waals surface area (Å²) in [6.07, 6.45) is -1.04. The molecule has 26 heavy (non-hydrogen) atoms. The molecule has 1 heterocycles. The SMILES string of the molecule is CCOc1cccc2cc(OC(=O)NNS(=O)(=O)c3ccccc3)oc12. The number of nitrogens with one attached hydrogen (secondary N) is 2. The third-order valence-corrected chi connectivity index (χ3v) is 4.58. The van der Waals surface area contributed by atoms with Crippen LogP contribution in [-0.2, 0) is 10.0 Å². The van der Waals surface area contributed by atoms with Gasteiger partial charge in [0, 0.05) is 11.5 Å². The molecular weight excluding hydrogens is 360 g/mol. The number of amides is 1. The highest BCUT2D eigenvalue weighted by molar-refractivity contribution is 7.89. The maximum atomic E-state index is 12.0. The van der Waals surface area contributed by atoms with Crippen LogP contribution in [0.3, 0.4) is 0 Å². The Balaban J connectivity index is 1.67. The molecule has 0 atom stereocenters. The lowest BCUT2D eigenvalue weighted by molar-refractivity contribution is 0.186. The van der Waals surface area contributed by atoms with E-state index < -0.39 is 16.1 Å². The Kier molecular flexibility index (Phi) is 5.10. The molecule has 8 nitrogen and oxygen atoms in total. The molecule has 9 heteroatoms. The van der Waals surface area contributed by atoms with E-state index in [2.05, 4.69) is 0 Å². The number of hydrogen-bond acceptors (Lipinski definition) is 6. The van der Waals surface area contributed by atoms with E-state index in [4.69, 9.17) is 13.9 Å². The first-order chi connectivity index (χ1) is 12.5. The van der Waals surface area contributed by atoms with Gasteiger partial charge < -0.3 is 13.9 Å². The first-order valence-electron chi connectivity index (χ1n) is 7.69. The van der Waals surface area contributed by atoms with Crippen LogP contribution in [-0.4, -0.2) is 21.1 Å². The van der Waals surface area contributed by atoms with Crippen LogP contribution in [0.4, 0.5) is 4.79 Å². The van der Waals surface area contributed by atoms with Crippen LogP contribution in [0.15, 0.2) is 63.9 Å². The van der Waals surface area contributed by atoms with Crippen molar-refractivity contribution in [3.63, 3.8) is 0 Å². The van der Waals surface area contributed by atoms with Gasteiger partial charge in [-0.05, 0) is 25.1 Å². The highest BCUT2D eigenvalue weighted by atomic mass is 32.2. The first-order valence-corrected chi connectivity index (χ1v) is 9.18. The van der Waals surface area contributed by atoms with Crippen molar-refractivity contribution in [3.8, 4) is 11.7 Å². The first kappa shape index (κ1) is 17.8. The molecule has 0 saturated carbocycles. The third kappa shape index (κ3) is 3.95. The zero-order valence-electron chi connectivity index (χ0n) is 13.8. The summed E-state index contributed by atoms with van der Waals surface area (Å²) in [6, 6.07) is 14.4. The number of benzene rings is 2. The van der Waals surface area contributed by atoms with E-state index >= 15 is 0 Å². The van der Waals surface area contributed by atoms with Gasteiger partial charge in [0.25, 0.3) is 16.0 Å². The minimum Gasteiger partial charge on any atom is -0.490 e. The standard InChI is InChI=1S/C17H16N2O6S/c1-2-23-14-10-6-7-12-11-15(24-16(12)14)25-17(20)18-19-26(21,22)13-8-4-3-5-9-13/h3-11,19H,2H2,1H3,(H,18,20). The van der Waals surface area contributed by atoms with E-state index in [0.717, 1.165) is 0 Å². The Morgan fingerprint density at radius 2 is 1.88 bits per heavy atom. The molecule has 0 saturated heterocycles. The summed E-state index contributed by atoms with van der Waals surface area (Å²) in [6.45, 7) is 2.29. The van der Waals surface area contributed by atoms with Crippen molar-refractivity contribution in [2.45, 2.75) is 11.8 Å². The molecule has 0 radical (unpaired) electrons. The zero-order valence-corrected chi connectivity index (χ0v) is 14.6. The Bertz CT molecular complexity index is 1010. The number of rotatable bonds is 6. The summed E-state index contributed by atoms with van der Waals surface area (Å²) in [7, 11) is -3.90. The number of para-hydroxylation sites is 1. The van der Waals surface area contributed by atoms with Crippen molar-refractivity contribution in [2.24, 2.45) is 0 Å². The second-order valence-corrected chi connectivity index (χ2v) is 6.79. The monoisotopic (exact) mass is 376 g/mol. The Morgan fingerprint density at radius 1 is 1.12 bits per heavy atom. The molecule has 0 aliphatic rings. The van der Waals surface area contributed by atoms with Crippen molar-refractivity contribution in [3.05, 3.63) is 54.6 Å². The van der Waals surface area contributed by atoms with Gasteiger partial charge in [-0.15, -0.1) is 4.83 Å². The van der Waals surface area contributed by atoms with Crippen LogP contribution >= 0.6 is 0 Å². The van der Waals surface area contributed by atoms with Gasteiger partial charge in [-0.2, -0.15) is 0 Å². The average molecular weight is 376 g/mol. The number of hydrogen-bond donors (Lipinski definition) is 2. The molecule has 136 valence electrons. The maximum Gasteiger partial charge on any atom is 0.430 e. The molecule has 0 bridgehead atoms. The number of carbonyl (C=O) groups is 1. The van der Waals surface area contributed by atoms with Crippen molar-refractivity contribution in [1.82, 2.24) is 10.3 Å². The van der Waals surface area contributed by atoms with E-state index in [1.54, 1.807) is 36.4 Å². The lowest BCUT2D eigenvalue weighted by atomic mass is 10.2. The molecule has 0 spiro atoms. The molecule has 3 rings (SSSR count). The Morgan fingerprint density at radius 3 is 2.62 bits per heavy atom. The van der Waals surface area contributed by atoms with E-state index in [9.17, 15) is 13.2 Å². The Hall–Kier alpha value is -3.04. The molecule has 2 N–H and O–H groups in total. The minimum atomic E-state index is -3.90. The number of fused-ring (bicyclic) bond motifs is 1. The molecule has 2 aromatic carbocycles. The molecular formula is C17H16N2O6S. The maximum absolute atomic E-state index is 12.0. The smallest absolute Gasteiger partial charge is 0.430 e.